The minimum absolute atomic E-state index is 0.0981. The summed E-state index contributed by atoms with van der Waals surface area (Å²) in [6.45, 7) is 5.78. The second-order valence-corrected chi connectivity index (χ2v) is 5.59. The van der Waals surface area contributed by atoms with Crippen LogP contribution < -0.4 is 10.6 Å². The molecule has 0 radical (unpaired) electrons. The number of hydrogen-bond donors (Lipinski definition) is 2. The number of nitrogens with one attached hydrogen (secondary N) is 2. The van der Waals surface area contributed by atoms with E-state index in [2.05, 4.69) is 10.6 Å². The van der Waals surface area contributed by atoms with Gasteiger partial charge in [-0.15, -0.1) is 11.8 Å². The van der Waals surface area contributed by atoms with E-state index in [0.29, 0.717) is 17.6 Å². The van der Waals surface area contributed by atoms with E-state index in [1.54, 1.807) is 25.6 Å². The molecule has 1 rings (SSSR count). The summed E-state index contributed by atoms with van der Waals surface area (Å²) >= 11 is 1.67. The third kappa shape index (κ3) is 5.73. The normalized spacial score (nSPS) is 18.1. The molecule has 1 aliphatic rings. The molecule has 0 spiro atoms. The number of carbonyl (C=O) groups excluding carboxylic acids is 2. The van der Waals surface area contributed by atoms with Gasteiger partial charge in [0.15, 0.2) is 0 Å². The Balaban J connectivity index is 2.18. The molecule has 1 amide bonds. The van der Waals surface area contributed by atoms with Gasteiger partial charge in [-0.25, -0.2) is 4.79 Å². The maximum Gasteiger partial charge on any atom is 0.328 e. The maximum absolute atomic E-state index is 11.6. The van der Waals surface area contributed by atoms with Crippen molar-refractivity contribution in [3.63, 3.8) is 0 Å². The van der Waals surface area contributed by atoms with Gasteiger partial charge in [-0.2, -0.15) is 0 Å². The summed E-state index contributed by atoms with van der Waals surface area (Å²) < 4.78 is 4.83. The molecule has 1 atom stereocenters. The van der Waals surface area contributed by atoms with Gasteiger partial charge < -0.3 is 15.4 Å². The van der Waals surface area contributed by atoms with Crippen molar-refractivity contribution in [2.45, 2.75) is 38.0 Å². The van der Waals surface area contributed by atoms with Gasteiger partial charge in [0, 0.05) is 5.25 Å². The van der Waals surface area contributed by atoms with Gasteiger partial charge in [0.2, 0.25) is 5.91 Å². The summed E-state index contributed by atoms with van der Waals surface area (Å²) in [5.41, 5.74) is 0. The van der Waals surface area contributed by atoms with Crippen LogP contribution >= 0.6 is 11.8 Å². The van der Waals surface area contributed by atoms with Crippen LogP contribution in [-0.2, 0) is 14.3 Å². The quantitative estimate of drug-likeness (QED) is 0.692. The van der Waals surface area contributed by atoms with E-state index in [-0.39, 0.29) is 11.9 Å². The monoisotopic (exact) mass is 274 g/mol. The molecule has 5 nitrogen and oxygen atoms in total. The highest BCUT2D eigenvalue weighted by atomic mass is 32.2. The number of ether oxygens (including phenoxy) is 1. The van der Waals surface area contributed by atoms with Crippen molar-refractivity contribution < 1.29 is 14.3 Å². The molecule has 0 bridgehead atoms. The van der Waals surface area contributed by atoms with Gasteiger partial charge in [-0.05, 0) is 39.8 Å². The number of piperidine rings is 1. The Morgan fingerprint density at radius 1 is 1.44 bits per heavy atom. The van der Waals surface area contributed by atoms with Crippen molar-refractivity contribution in [2.24, 2.45) is 0 Å². The molecule has 18 heavy (non-hydrogen) atoms. The summed E-state index contributed by atoms with van der Waals surface area (Å²) in [5, 5.41) is 6.49. The van der Waals surface area contributed by atoms with Gasteiger partial charge in [0.05, 0.1) is 12.4 Å². The Hall–Kier alpha value is -0.750. The molecule has 0 aliphatic carbocycles. The fraction of sp³-hybridized carbons (Fsp3) is 0.833. The Morgan fingerprint density at radius 3 is 2.72 bits per heavy atom. The summed E-state index contributed by atoms with van der Waals surface area (Å²) in [7, 11) is 0. The molecule has 1 aliphatic heterocycles. The van der Waals surface area contributed by atoms with Gasteiger partial charge in [0.1, 0.15) is 6.04 Å². The fourth-order valence-electron chi connectivity index (χ4n) is 1.76. The zero-order valence-corrected chi connectivity index (χ0v) is 11.8. The van der Waals surface area contributed by atoms with Crippen molar-refractivity contribution in [1.82, 2.24) is 10.6 Å². The van der Waals surface area contributed by atoms with Crippen LogP contribution in [0.4, 0.5) is 0 Å². The zero-order chi connectivity index (χ0) is 13.4. The van der Waals surface area contributed by atoms with Crippen molar-refractivity contribution in [3.8, 4) is 0 Å². The van der Waals surface area contributed by atoms with E-state index < -0.39 is 6.04 Å². The van der Waals surface area contributed by atoms with Crippen molar-refractivity contribution in [3.05, 3.63) is 0 Å². The molecule has 0 aromatic carbocycles. The average molecular weight is 274 g/mol. The summed E-state index contributed by atoms with van der Waals surface area (Å²) in [5.74, 6) is -0.0641. The van der Waals surface area contributed by atoms with E-state index in [0.717, 1.165) is 25.9 Å². The molecule has 1 saturated heterocycles. The zero-order valence-electron chi connectivity index (χ0n) is 11.0. The van der Waals surface area contributed by atoms with Crippen LogP contribution in [0, 0.1) is 0 Å². The third-order valence-electron chi connectivity index (χ3n) is 2.75. The topological polar surface area (TPSA) is 67.4 Å². The van der Waals surface area contributed by atoms with Gasteiger partial charge >= 0.3 is 5.97 Å². The minimum atomic E-state index is -0.564. The predicted octanol–water partition coefficient (Wildman–Crippen LogP) is 0.539. The van der Waals surface area contributed by atoms with E-state index in [9.17, 15) is 9.59 Å². The van der Waals surface area contributed by atoms with Crippen LogP contribution in [0.15, 0.2) is 0 Å². The Kier molecular flexibility index (Phi) is 7.12. The first-order valence-electron chi connectivity index (χ1n) is 6.41. The molecule has 0 saturated carbocycles. The smallest absolute Gasteiger partial charge is 0.328 e. The maximum atomic E-state index is 11.6. The molecule has 0 aromatic heterocycles. The average Bonchev–Trinajstić information content (AvgIpc) is 2.38. The van der Waals surface area contributed by atoms with E-state index >= 15 is 0 Å². The lowest BCUT2D eigenvalue weighted by molar-refractivity contribution is -0.146. The molecule has 6 heteroatoms. The first-order valence-corrected chi connectivity index (χ1v) is 7.46. The number of amides is 1. The number of rotatable bonds is 6. The molecule has 0 aromatic rings. The van der Waals surface area contributed by atoms with E-state index in [1.165, 1.54) is 0 Å². The van der Waals surface area contributed by atoms with E-state index in [1.807, 2.05) is 0 Å². The SMILES string of the molecule is CCOC(=O)C(C)NC(=O)CSC1CCNCC1. The second-order valence-electron chi connectivity index (χ2n) is 4.30. The van der Waals surface area contributed by atoms with Crippen molar-refractivity contribution >= 4 is 23.6 Å². The molecule has 104 valence electrons. The Morgan fingerprint density at radius 2 is 2.11 bits per heavy atom. The second kappa shape index (κ2) is 8.37. The lowest BCUT2D eigenvalue weighted by Gasteiger charge is -2.22. The van der Waals surface area contributed by atoms with Crippen LogP contribution in [0.3, 0.4) is 0 Å². The Bertz CT molecular complexity index is 280. The van der Waals surface area contributed by atoms with Gasteiger partial charge in [-0.1, -0.05) is 0 Å². The molecular weight excluding hydrogens is 252 g/mol. The van der Waals surface area contributed by atoms with Crippen molar-refractivity contribution in [1.29, 1.82) is 0 Å². The molecule has 1 heterocycles. The number of hydrogen-bond acceptors (Lipinski definition) is 5. The van der Waals surface area contributed by atoms with Crippen LogP contribution in [-0.4, -0.2) is 48.6 Å². The number of thioether (sulfide) groups is 1. The number of esters is 1. The number of carbonyl (C=O) groups is 2. The van der Waals surface area contributed by atoms with Crippen LogP contribution in [0.2, 0.25) is 0 Å². The highest BCUT2D eigenvalue weighted by Crippen LogP contribution is 2.19. The summed E-state index contributed by atoms with van der Waals surface area (Å²) in [4.78, 5) is 23.0. The van der Waals surface area contributed by atoms with Gasteiger partial charge in [0.25, 0.3) is 0 Å². The predicted molar refractivity (Wildman–Crippen MR) is 72.6 cm³/mol. The molecule has 1 unspecified atom stereocenters. The third-order valence-corrected chi connectivity index (χ3v) is 4.13. The highest BCUT2D eigenvalue weighted by Gasteiger charge is 2.18. The first-order chi connectivity index (χ1) is 8.63. The van der Waals surface area contributed by atoms with Crippen molar-refractivity contribution in [2.75, 3.05) is 25.4 Å². The lowest BCUT2D eigenvalue weighted by atomic mass is 10.2. The molecular formula is C12H22N2O3S. The fourth-order valence-corrected chi connectivity index (χ4v) is 2.80. The standard InChI is InChI=1S/C12H22N2O3S/c1-3-17-12(16)9(2)14-11(15)8-18-10-4-6-13-7-5-10/h9-10,13H,3-8H2,1-2H3,(H,14,15). The van der Waals surface area contributed by atoms with Crippen LogP contribution in [0.25, 0.3) is 0 Å². The molecule has 1 fully saturated rings. The largest absolute Gasteiger partial charge is 0.464 e. The Labute approximate surface area is 112 Å². The molecule has 2 N–H and O–H groups in total. The first kappa shape index (κ1) is 15.3. The van der Waals surface area contributed by atoms with Crippen LogP contribution in [0.1, 0.15) is 26.7 Å². The van der Waals surface area contributed by atoms with Crippen LogP contribution in [0.5, 0.6) is 0 Å². The summed E-state index contributed by atoms with van der Waals surface area (Å²) in [6.07, 6.45) is 2.21. The van der Waals surface area contributed by atoms with E-state index in [4.69, 9.17) is 4.74 Å². The summed E-state index contributed by atoms with van der Waals surface area (Å²) in [6, 6.07) is -0.564. The minimum Gasteiger partial charge on any atom is -0.464 e. The van der Waals surface area contributed by atoms with Gasteiger partial charge in [-0.3, -0.25) is 4.79 Å². The highest BCUT2D eigenvalue weighted by molar-refractivity contribution is 8.00. The lowest BCUT2D eigenvalue weighted by Crippen LogP contribution is -2.41.